The predicted octanol–water partition coefficient (Wildman–Crippen LogP) is 3.57. The van der Waals surface area contributed by atoms with Crippen molar-refractivity contribution < 1.29 is 0 Å². The lowest BCUT2D eigenvalue weighted by molar-refractivity contribution is 0.169. The highest BCUT2D eigenvalue weighted by Gasteiger charge is 2.31. The standard InChI is InChI=1S/C15H26N2S/c1-10(2)8-16-9-14-6-5-13(14)7-15-17-11(3)12(4)18-15/h10,13-14,16H,5-9H2,1-4H3. The van der Waals surface area contributed by atoms with Gasteiger partial charge in [-0.1, -0.05) is 13.8 Å². The zero-order valence-corrected chi connectivity index (χ0v) is 12.9. The Morgan fingerprint density at radius 1 is 1.28 bits per heavy atom. The molecule has 1 aliphatic carbocycles. The van der Waals surface area contributed by atoms with Crippen LogP contribution in [0.4, 0.5) is 0 Å². The minimum absolute atomic E-state index is 0.757. The Morgan fingerprint density at radius 2 is 2.00 bits per heavy atom. The lowest BCUT2D eigenvalue weighted by atomic mass is 9.72. The van der Waals surface area contributed by atoms with Crippen molar-refractivity contribution in [3.8, 4) is 0 Å². The average molecular weight is 266 g/mol. The molecule has 1 aromatic rings. The summed E-state index contributed by atoms with van der Waals surface area (Å²) in [5.74, 6) is 2.51. The zero-order valence-electron chi connectivity index (χ0n) is 12.1. The average Bonchev–Trinajstić information content (AvgIpc) is 2.59. The lowest BCUT2D eigenvalue weighted by Gasteiger charge is -2.36. The molecule has 0 aliphatic heterocycles. The number of nitrogens with zero attached hydrogens (tertiary/aromatic N) is 1. The molecule has 18 heavy (non-hydrogen) atoms. The molecule has 0 bridgehead atoms. The van der Waals surface area contributed by atoms with E-state index in [0.717, 1.165) is 24.3 Å². The lowest BCUT2D eigenvalue weighted by Crippen LogP contribution is -2.37. The van der Waals surface area contributed by atoms with Crippen LogP contribution in [0.15, 0.2) is 0 Å². The first-order valence-corrected chi connectivity index (χ1v) is 8.01. The number of hydrogen-bond acceptors (Lipinski definition) is 3. The number of nitrogens with one attached hydrogen (secondary N) is 1. The highest BCUT2D eigenvalue weighted by atomic mass is 32.1. The summed E-state index contributed by atoms with van der Waals surface area (Å²) >= 11 is 1.89. The second kappa shape index (κ2) is 6.16. The maximum absolute atomic E-state index is 4.67. The van der Waals surface area contributed by atoms with E-state index in [0.29, 0.717) is 0 Å². The summed E-state index contributed by atoms with van der Waals surface area (Å²) in [6.07, 6.45) is 4.00. The fourth-order valence-corrected chi connectivity index (χ4v) is 3.61. The molecule has 0 spiro atoms. The fourth-order valence-electron chi connectivity index (χ4n) is 2.58. The number of aryl methyl sites for hydroxylation is 2. The third-order valence-corrected chi connectivity index (χ3v) is 5.14. The van der Waals surface area contributed by atoms with Gasteiger partial charge in [-0.2, -0.15) is 0 Å². The van der Waals surface area contributed by atoms with Gasteiger partial charge >= 0.3 is 0 Å². The molecule has 2 unspecified atom stereocenters. The smallest absolute Gasteiger partial charge is 0.0933 e. The van der Waals surface area contributed by atoms with E-state index in [4.69, 9.17) is 0 Å². The van der Waals surface area contributed by atoms with Gasteiger partial charge in [0.05, 0.1) is 10.7 Å². The molecule has 102 valence electrons. The highest BCUT2D eigenvalue weighted by molar-refractivity contribution is 7.11. The maximum atomic E-state index is 4.67. The van der Waals surface area contributed by atoms with E-state index in [1.54, 1.807) is 0 Å². The van der Waals surface area contributed by atoms with Crippen molar-refractivity contribution in [2.45, 2.75) is 47.0 Å². The van der Waals surface area contributed by atoms with Crippen LogP contribution in [0.25, 0.3) is 0 Å². The summed E-state index contributed by atoms with van der Waals surface area (Å²) in [5, 5.41) is 4.95. The molecule has 1 saturated carbocycles. The SMILES string of the molecule is Cc1nc(CC2CCC2CNCC(C)C)sc1C. The third-order valence-electron chi connectivity index (χ3n) is 4.04. The third kappa shape index (κ3) is 3.55. The topological polar surface area (TPSA) is 24.9 Å². The van der Waals surface area contributed by atoms with E-state index < -0.39 is 0 Å². The van der Waals surface area contributed by atoms with Crippen molar-refractivity contribution in [1.29, 1.82) is 0 Å². The van der Waals surface area contributed by atoms with E-state index in [-0.39, 0.29) is 0 Å². The van der Waals surface area contributed by atoms with E-state index in [2.05, 4.69) is 38.0 Å². The molecule has 3 heteroatoms. The Bertz CT molecular complexity index is 364. The van der Waals surface area contributed by atoms with Crippen molar-refractivity contribution >= 4 is 11.3 Å². The first-order valence-electron chi connectivity index (χ1n) is 7.20. The van der Waals surface area contributed by atoms with Crippen LogP contribution in [0.5, 0.6) is 0 Å². The largest absolute Gasteiger partial charge is 0.316 e. The number of rotatable bonds is 6. The first kappa shape index (κ1) is 14.0. The summed E-state index contributed by atoms with van der Waals surface area (Å²) in [4.78, 5) is 6.06. The van der Waals surface area contributed by atoms with E-state index in [1.807, 2.05) is 11.3 Å². The Kier molecular flexibility index (Phi) is 4.79. The molecule has 2 rings (SSSR count). The van der Waals surface area contributed by atoms with Crippen LogP contribution < -0.4 is 5.32 Å². The fraction of sp³-hybridized carbons (Fsp3) is 0.800. The molecule has 1 fully saturated rings. The van der Waals surface area contributed by atoms with Crippen LogP contribution in [0.2, 0.25) is 0 Å². The Labute approximate surface area is 115 Å². The molecule has 1 heterocycles. The summed E-state index contributed by atoms with van der Waals surface area (Å²) in [5.41, 5.74) is 1.23. The van der Waals surface area contributed by atoms with E-state index in [1.165, 1.54) is 41.4 Å². The molecule has 1 N–H and O–H groups in total. The van der Waals surface area contributed by atoms with Crippen molar-refractivity contribution in [3.05, 3.63) is 15.6 Å². The van der Waals surface area contributed by atoms with E-state index >= 15 is 0 Å². The maximum Gasteiger partial charge on any atom is 0.0933 e. The molecular formula is C15H26N2S. The molecule has 1 aliphatic rings. The van der Waals surface area contributed by atoms with E-state index in [9.17, 15) is 0 Å². The Balaban J connectivity index is 1.76. The molecule has 2 nitrogen and oxygen atoms in total. The van der Waals surface area contributed by atoms with Gasteiger partial charge in [-0.25, -0.2) is 4.98 Å². The zero-order chi connectivity index (χ0) is 13.1. The van der Waals surface area contributed by atoms with Crippen LogP contribution in [0.3, 0.4) is 0 Å². The van der Waals surface area contributed by atoms with Crippen LogP contribution in [0.1, 0.15) is 42.3 Å². The van der Waals surface area contributed by atoms with Gasteiger partial charge in [-0.3, -0.25) is 0 Å². The van der Waals surface area contributed by atoms with Crippen LogP contribution in [0, 0.1) is 31.6 Å². The molecule has 0 aromatic carbocycles. The van der Waals surface area contributed by atoms with Crippen molar-refractivity contribution in [2.75, 3.05) is 13.1 Å². The van der Waals surface area contributed by atoms with Crippen LogP contribution in [-0.4, -0.2) is 18.1 Å². The van der Waals surface area contributed by atoms with Crippen molar-refractivity contribution in [3.63, 3.8) is 0 Å². The van der Waals surface area contributed by atoms with Gasteiger partial charge in [0.1, 0.15) is 0 Å². The van der Waals surface area contributed by atoms with Gasteiger partial charge in [-0.15, -0.1) is 11.3 Å². The minimum atomic E-state index is 0.757. The predicted molar refractivity (Wildman–Crippen MR) is 79.2 cm³/mol. The second-order valence-corrected chi connectivity index (χ2v) is 7.39. The first-order chi connectivity index (χ1) is 8.56. The van der Waals surface area contributed by atoms with Crippen molar-refractivity contribution in [2.24, 2.45) is 17.8 Å². The highest BCUT2D eigenvalue weighted by Crippen LogP contribution is 2.37. The number of hydrogen-bond donors (Lipinski definition) is 1. The van der Waals surface area contributed by atoms with Gasteiger partial charge in [0.25, 0.3) is 0 Å². The summed E-state index contributed by atoms with van der Waals surface area (Å²) in [6.45, 7) is 11.2. The Morgan fingerprint density at radius 3 is 2.50 bits per heavy atom. The minimum Gasteiger partial charge on any atom is -0.316 e. The molecule has 2 atom stereocenters. The molecule has 0 amide bonds. The van der Waals surface area contributed by atoms with Crippen molar-refractivity contribution in [1.82, 2.24) is 10.3 Å². The summed E-state index contributed by atoms with van der Waals surface area (Å²) < 4.78 is 0. The normalized spacial score (nSPS) is 23.4. The molecule has 1 aromatic heterocycles. The quantitative estimate of drug-likeness (QED) is 0.851. The molecular weight excluding hydrogens is 240 g/mol. The van der Waals surface area contributed by atoms with Gasteiger partial charge in [-0.05, 0) is 57.5 Å². The summed E-state index contributed by atoms with van der Waals surface area (Å²) in [7, 11) is 0. The van der Waals surface area contributed by atoms with Crippen LogP contribution >= 0.6 is 11.3 Å². The monoisotopic (exact) mass is 266 g/mol. The van der Waals surface area contributed by atoms with Gasteiger partial charge in [0, 0.05) is 11.3 Å². The van der Waals surface area contributed by atoms with Crippen LogP contribution in [-0.2, 0) is 6.42 Å². The molecule has 0 saturated heterocycles. The van der Waals surface area contributed by atoms with Gasteiger partial charge in [0.15, 0.2) is 0 Å². The van der Waals surface area contributed by atoms with Gasteiger partial charge in [0.2, 0.25) is 0 Å². The second-order valence-electron chi connectivity index (χ2n) is 6.10. The number of thiazole rings is 1. The Hall–Kier alpha value is -0.410. The summed E-state index contributed by atoms with van der Waals surface area (Å²) in [6, 6.07) is 0. The number of aromatic nitrogens is 1. The molecule has 0 radical (unpaired) electrons. The van der Waals surface area contributed by atoms with Gasteiger partial charge < -0.3 is 5.32 Å².